The summed E-state index contributed by atoms with van der Waals surface area (Å²) < 4.78 is 5.46. The van der Waals surface area contributed by atoms with Crippen LogP contribution in [-0.4, -0.2) is 25.3 Å². The molecule has 0 aromatic heterocycles. The number of nitrogens with one attached hydrogen (secondary N) is 1. The molecule has 3 heteroatoms. The lowest BCUT2D eigenvalue weighted by Crippen LogP contribution is -2.47. The van der Waals surface area contributed by atoms with Crippen molar-refractivity contribution in [2.45, 2.75) is 45.8 Å². The van der Waals surface area contributed by atoms with E-state index in [0.717, 1.165) is 26.0 Å². The van der Waals surface area contributed by atoms with Gasteiger partial charge < -0.3 is 10.1 Å². The molecule has 0 atom stereocenters. The Kier molecular flexibility index (Phi) is 3.91. The van der Waals surface area contributed by atoms with Gasteiger partial charge >= 0.3 is 0 Å². The third-order valence-corrected chi connectivity index (χ3v) is 2.63. The van der Waals surface area contributed by atoms with Crippen LogP contribution in [0.4, 0.5) is 0 Å². The van der Waals surface area contributed by atoms with Crippen LogP contribution in [0.2, 0.25) is 0 Å². The van der Waals surface area contributed by atoms with Crippen molar-refractivity contribution in [1.82, 2.24) is 5.32 Å². The molecule has 0 unspecified atom stereocenters. The Labute approximate surface area is 86.4 Å². The van der Waals surface area contributed by atoms with Crippen molar-refractivity contribution < 1.29 is 4.74 Å². The summed E-state index contributed by atoms with van der Waals surface area (Å²) in [6, 6.07) is 2.84. The van der Waals surface area contributed by atoms with Crippen LogP contribution in [0.3, 0.4) is 0 Å². The molecule has 1 rings (SSSR count). The zero-order valence-electron chi connectivity index (χ0n) is 9.34. The summed E-state index contributed by atoms with van der Waals surface area (Å²) in [5.74, 6) is 0. The van der Waals surface area contributed by atoms with Gasteiger partial charge in [-0.25, -0.2) is 0 Å². The minimum absolute atomic E-state index is 0.253. The number of nitrogens with zero attached hydrogens (tertiary/aromatic N) is 1. The van der Waals surface area contributed by atoms with Crippen molar-refractivity contribution in [3.63, 3.8) is 0 Å². The minimum atomic E-state index is -0.253. The van der Waals surface area contributed by atoms with Crippen LogP contribution >= 0.6 is 0 Å². The average Bonchev–Trinajstić information content (AvgIpc) is 2.09. The highest BCUT2D eigenvalue weighted by atomic mass is 16.5. The third-order valence-electron chi connectivity index (χ3n) is 2.63. The van der Waals surface area contributed by atoms with Gasteiger partial charge in [0.1, 0.15) is 0 Å². The average molecular weight is 196 g/mol. The first-order chi connectivity index (χ1) is 6.57. The van der Waals surface area contributed by atoms with Crippen molar-refractivity contribution in [1.29, 1.82) is 5.26 Å². The highest BCUT2D eigenvalue weighted by Gasteiger charge is 2.30. The summed E-state index contributed by atoms with van der Waals surface area (Å²) in [4.78, 5) is 0. The molecule has 3 nitrogen and oxygen atoms in total. The van der Waals surface area contributed by atoms with Gasteiger partial charge in [0.2, 0.25) is 0 Å². The molecule has 1 aliphatic rings. The Morgan fingerprint density at radius 2 is 2.14 bits per heavy atom. The molecule has 0 aromatic rings. The van der Waals surface area contributed by atoms with Crippen LogP contribution in [0.5, 0.6) is 0 Å². The van der Waals surface area contributed by atoms with Gasteiger partial charge in [0.15, 0.2) is 0 Å². The Bertz CT molecular complexity index is 214. The minimum Gasteiger partial charge on any atom is -0.378 e. The molecular formula is C11H20N2O. The SMILES string of the molecule is CCOC1CC(NCC(C)(C)C#N)C1. The Hall–Kier alpha value is -0.590. The molecule has 0 heterocycles. The zero-order valence-corrected chi connectivity index (χ0v) is 9.34. The van der Waals surface area contributed by atoms with Gasteiger partial charge in [-0.15, -0.1) is 0 Å². The van der Waals surface area contributed by atoms with Crippen molar-refractivity contribution in [3.05, 3.63) is 0 Å². The van der Waals surface area contributed by atoms with Gasteiger partial charge in [0.05, 0.1) is 17.6 Å². The summed E-state index contributed by atoms with van der Waals surface area (Å²) in [5.41, 5.74) is -0.253. The third kappa shape index (κ3) is 3.28. The first-order valence-electron chi connectivity index (χ1n) is 5.33. The molecule has 1 saturated carbocycles. The number of ether oxygens (including phenoxy) is 1. The second-order valence-electron chi connectivity index (χ2n) is 4.62. The molecule has 0 spiro atoms. The zero-order chi connectivity index (χ0) is 10.6. The molecular weight excluding hydrogens is 176 g/mol. The van der Waals surface area contributed by atoms with Crippen molar-refractivity contribution in [3.8, 4) is 6.07 Å². The maximum Gasteiger partial charge on any atom is 0.0697 e. The lowest BCUT2D eigenvalue weighted by atomic mass is 9.87. The van der Waals surface area contributed by atoms with E-state index in [0.29, 0.717) is 12.1 Å². The summed E-state index contributed by atoms with van der Waals surface area (Å²) in [6.07, 6.45) is 2.63. The van der Waals surface area contributed by atoms with E-state index in [1.54, 1.807) is 0 Å². The lowest BCUT2D eigenvalue weighted by Gasteiger charge is -2.36. The number of hydrogen-bond acceptors (Lipinski definition) is 3. The molecule has 0 bridgehead atoms. The van der Waals surface area contributed by atoms with E-state index in [9.17, 15) is 0 Å². The molecule has 0 saturated heterocycles. The summed E-state index contributed by atoms with van der Waals surface area (Å²) in [5, 5.41) is 12.2. The number of hydrogen-bond donors (Lipinski definition) is 1. The quantitative estimate of drug-likeness (QED) is 0.728. The second-order valence-corrected chi connectivity index (χ2v) is 4.62. The maximum absolute atomic E-state index is 8.82. The molecule has 0 radical (unpaired) electrons. The van der Waals surface area contributed by atoms with E-state index in [-0.39, 0.29) is 5.41 Å². The van der Waals surface area contributed by atoms with Gasteiger partial charge in [-0.2, -0.15) is 5.26 Å². The Balaban J connectivity index is 2.09. The van der Waals surface area contributed by atoms with Gasteiger partial charge in [-0.3, -0.25) is 0 Å². The lowest BCUT2D eigenvalue weighted by molar-refractivity contribution is -0.0109. The number of nitriles is 1. The standard InChI is InChI=1S/C11H20N2O/c1-4-14-10-5-9(6-10)13-8-11(2,3)7-12/h9-10,13H,4-6,8H2,1-3H3. The molecule has 0 aromatic carbocycles. The molecule has 1 fully saturated rings. The fourth-order valence-electron chi connectivity index (χ4n) is 1.54. The van der Waals surface area contributed by atoms with E-state index in [4.69, 9.17) is 10.00 Å². The first-order valence-corrected chi connectivity index (χ1v) is 5.33. The fraction of sp³-hybridized carbons (Fsp3) is 0.909. The molecule has 0 aliphatic heterocycles. The van der Waals surface area contributed by atoms with E-state index in [1.165, 1.54) is 0 Å². The normalized spacial score (nSPS) is 26.7. The summed E-state index contributed by atoms with van der Waals surface area (Å²) in [6.45, 7) is 7.52. The molecule has 1 aliphatic carbocycles. The van der Waals surface area contributed by atoms with Crippen LogP contribution in [0.25, 0.3) is 0 Å². The predicted molar refractivity (Wildman–Crippen MR) is 55.8 cm³/mol. The van der Waals surface area contributed by atoms with Gasteiger partial charge in [-0.05, 0) is 33.6 Å². The van der Waals surface area contributed by atoms with E-state index >= 15 is 0 Å². The monoisotopic (exact) mass is 196 g/mol. The molecule has 1 N–H and O–H groups in total. The molecule has 80 valence electrons. The van der Waals surface area contributed by atoms with Crippen molar-refractivity contribution >= 4 is 0 Å². The first kappa shape index (κ1) is 11.5. The largest absolute Gasteiger partial charge is 0.378 e. The molecule has 0 amide bonds. The topological polar surface area (TPSA) is 45.0 Å². The smallest absolute Gasteiger partial charge is 0.0697 e. The highest BCUT2D eigenvalue weighted by molar-refractivity contribution is 4.95. The summed E-state index contributed by atoms with van der Waals surface area (Å²) >= 11 is 0. The van der Waals surface area contributed by atoms with Crippen LogP contribution in [-0.2, 0) is 4.74 Å². The van der Waals surface area contributed by atoms with Crippen LogP contribution in [0.1, 0.15) is 33.6 Å². The maximum atomic E-state index is 8.82. The fourth-order valence-corrected chi connectivity index (χ4v) is 1.54. The van der Waals surface area contributed by atoms with Crippen molar-refractivity contribution in [2.75, 3.05) is 13.2 Å². The number of rotatable bonds is 5. The predicted octanol–water partition coefficient (Wildman–Crippen LogP) is 1.69. The Morgan fingerprint density at radius 3 is 2.64 bits per heavy atom. The van der Waals surface area contributed by atoms with E-state index < -0.39 is 0 Å². The van der Waals surface area contributed by atoms with E-state index in [1.807, 2.05) is 20.8 Å². The van der Waals surface area contributed by atoms with Gasteiger partial charge in [0, 0.05) is 19.2 Å². The van der Waals surface area contributed by atoms with Gasteiger partial charge in [-0.1, -0.05) is 0 Å². The highest BCUT2D eigenvalue weighted by Crippen LogP contribution is 2.24. The van der Waals surface area contributed by atoms with Crippen LogP contribution in [0, 0.1) is 16.7 Å². The Morgan fingerprint density at radius 1 is 1.50 bits per heavy atom. The molecule has 14 heavy (non-hydrogen) atoms. The van der Waals surface area contributed by atoms with Gasteiger partial charge in [0.25, 0.3) is 0 Å². The van der Waals surface area contributed by atoms with Crippen LogP contribution < -0.4 is 5.32 Å². The van der Waals surface area contributed by atoms with E-state index in [2.05, 4.69) is 11.4 Å². The second kappa shape index (κ2) is 4.77. The summed E-state index contributed by atoms with van der Waals surface area (Å²) in [7, 11) is 0. The van der Waals surface area contributed by atoms with Crippen LogP contribution in [0.15, 0.2) is 0 Å². The van der Waals surface area contributed by atoms with Crippen molar-refractivity contribution in [2.24, 2.45) is 5.41 Å².